The van der Waals surface area contributed by atoms with Crippen LogP contribution in [-0.2, 0) is 33.3 Å². The fourth-order valence-electron chi connectivity index (χ4n) is 6.16. The zero-order valence-corrected chi connectivity index (χ0v) is 24.0. The molecule has 0 unspecified atom stereocenters. The van der Waals surface area contributed by atoms with Crippen LogP contribution in [0.3, 0.4) is 0 Å². The highest BCUT2D eigenvalue weighted by Gasteiger charge is 2.39. The van der Waals surface area contributed by atoms with E-state index in [0.717, 1.165) is 5.56 Å². The van der Waals surface area contributed by atoms with E-state index in [1.54, 1.807) is 9.80 Å². The van der Waals surface area contributed by atoms with Crippen LogP contribution in [0.15, 0.2) is 48.5 Å². The summed E-state index contributed by atoms with van der Waals surface area (Å²) in [7, 11) is 1.37. The monoisotopic (exact) mass is 611 g/mol. The highest BCUT2D eigenvalue weighted by molar-refractivity contribution is 5.81. The van der Waals surface area contributed by atoms with Crippen molar-refractivity contribution in [2.75, 3.05) is 33.2 Å². The summed E-state index contributed by atoms with van der Waals surface area (Å²) in [5, 5.41) is 0. The van der Waals surface area contributed by atoms with Gasteiger partial charge in [-0.15, -0.1) is 0 Å². The van der Waals surface area contributed by atoms with Gasteiger partial charge in [-0.1, -0.05) is 30.3 Å². The number of piperidine rings is 1. The lowest BCUT2D eigenvalue weighted by Gasteiger charge is -2.33. The fraction of sp³-hybridized carbons (Fsp3) is 0.516. The number of carbonyl (C=O) groups is 3. The Balaban J connectivity index is 1.54. The molecule has 2 heterocycles. The van der Waals surface area contributed by atoms with E-state index < -0.39 is 41.8 Å². The van der Waals surface area contributed by atoms with Gasteiger partial charge in [-0.2, -0.15) is 26.3 Å². The lowest BCUT2D eigenvalue weighted by molar-refractivity contribution is -0.143. The molecule has 43 heavy (non-hydrogen) atoms. The molecule has 6 nitrogen and oxygen atoms in total. The van der Waals surface area contributed by atoms with Crippen LogP contribution in [0, 0.1) is 11.8 Å². The normalized spacial score (nSPS) is 20.5. The molecule has 2 atom stereocenters. The first-order valence-corrected chi connectivity index (χ1v) is 14.3. The van der Waals surface area contributed by atoms with Gasteiger partial charge in [-0.05, 0) is 60.9 Å². The smallest absolute Gasteiger partial charge is 0.343 e. The molecule has 0 aromatic heterocycles. The van der Waals surface area contributed by atoms with Crippen LogP contribution in [-0.4, -0.2) is 65.6 Å². The molecular formula is C31H35F6N3O3. The minimum absolute atomic E-state index is 0.0277. The summed E-state index contributed by atoms with van der Waals surface area (Å²) in [5.41, 5.74) is -2.27. The molecule has 2 saturated heterocycles. The largest absolute Gasteiger partial charge is 0.416 e. The van der Waals surface area contributed by atoms with Gasteiger partial charge >= 0.3 is 12.4 Å². The first kappa shape index (κ1) is 32.3. The molecular weight excluding hydrogens is 576 g/mol. The molecule has 2 aliphatic rings. The summed E-state index contributed by atoms with van der Waals surface area (Å²) in [5.74, 6) is -1.65. The number of alkyl halides is 6. The predicted octanol–water partition coefficient (Wildman–Crippen LogP) is 5.96. The number of halogens is 6. The summed E-state index contributed by atoms with van der Waals surface area (Å²) in [6, 6.07) is 10.6. The number of hydrogen-bond donors (Lipinski definition) is 0. The quantitative estimate of drug-likeness (QED) is 0.392. The zero-order chi connectivity index (χ0) is 31.5. The van der Waals surface area contributed by atoms with E-state index in [0.29, 0.717) is 57.6 Å². The minimum Gasteiger partial charge on any atom is -0.343 e. The Morgan fingerprint density at radius 2 is 1.33 bits per heavy atom. The number of hydrogen-bond acceptors (Lipinski definition) is 3. The number of benzene rings is 2. The molecule has 2 aromatic rings. The summed E-state index contributed by atoms with van der Waals surface area (Å²) < 4.78 is 80.4. The fourth-order valence-corrected chi connectivity index (χ4v) is 6.16. The Hall–Kier alpha value is -3.57. The molecule has 4 rings (SSSR count). The van der Waals surface area contributed by atoms with Gasteiger partial charge in [0.2, 0.25) is 17.7 Å². The van der Waals surface area contributed by atoms with E-state index in [2.05, 4.69) is 0 Å². The Labute approximate surface area is 246 Å². The first-order valence-electron chi connectivity index (χ1n) is 14.3. The van der Waals surface area contributed by atoms with E-state index in [4.69, 9.17) is 0 Å². The first-order chi connectivity index (χ1) is 20.1. The number of nitrogens with zero attached hydrogens (tertiary/aromatic N) is 3. The van der Waals surface area contributed by atoms with Gasteiger partial charge in [-0.25, -0.2) is 0 Å². The lowest BCUT2D eigenvalue weighted by Crippen LogP contribution is -2.44. The van der Waals surface area contributed by atoms with Gasteiger partial charge in [0.1, 0.15) is 0 Å². The average molecular weight is 612 g/mol. The molecule has 2 aliphatic heterocycles. The molecule has 0 saturated carbocycles. The van der Waals surface area contributed by atoms with Crippen molar-refractivity contribution in [1.82, 2.24) is 14.7 Å². The number of rotatable bonds is 5. The van der Waals surface area contributed by atoms with Gasteiger partial charge < -0.3 is 14.7 Å². The van der Waals surface area contributed by atoms with Crippen molar-refractivity contribution < 1.29 is 40.7 Å². The molecule has 12 heteroatoms. The van der Waals surface area contributed by atoms with E-state index in [1.165, 1.54) is 18.9 Å². The maximum atomic E-state index is 13.8. The van der Waals surface area contributed by atoms with Crippen molar-refractivity contribution in [3.63, 3.8) is 0 Å². The van der Waals surface area contributed by atoms with Crippen molar-refractivity contribution in [3.8, 4) is 0 Å². The van der Waals surface area contributed by atoms with Crippen molar-refractivity contribution in [3.05, 3.63) is 70.8 Å². The third-order valence-corrected chi connectivity index (χ3v) is 8.50. The van der Waals surface area contributed by atoms with Crippen LogP contribution in [0.5, 0.6) is 0 Å². The topological polar surface area (TPSA) is 60.9 Å². The van der Waals surface area contributed by atoms with E-state index in [1.807, 2.05) is 30.3 Å². The third kappa shape index (κ3) is 7.88. The zero-order valence-electron chi connectivity index (χ0n) is 24.0. The maximum Gasteiger partial charge on any atom is 0.416 e. The van der Waals surface area contributed by atoms with E-state index in [9.17, 15) is 40.7 Å². The molecule has 0 aliphatic carbocycles. The second kappa shape index (κ2) is 13.0. The summed E-state index contributed by atoms with van der Waals surface area (Å²) >= 11 is 0. The third-order valence-electron chi connectivity index (χ3n) is 8.50. The van der Waals surface area contributed by atoms with Crippen LogP contribution < -0.4 is 0 Å². The summed E-state index contributed by atoms with van der Waals surface area (Å²) in [6.07, 6.45) is -8.11. The minimum atomic E-state index is -4.99. The van der Waals surface area contributed by atoms with Crippen LogP contribution >= 0.6 is 0 Å². The molecule has 2 aromatic carbocycles. The number of likely N-dealkylation sites (tertiary alicyclic amines) is 2. The Morgan fingerprint density at radius 3 is 1.86 bits per heavy atom. The molecule has 3 amide bonds. The molecule has 2 fully saturated rings. The van der Waals surface area contributed by atoms with Gasteiger partial charge in [0.05, 0.1) is 11.1 Å². The van der Waals surface area contributed by atoms with Crippen molar-refractivity contribution in [2.24, 2.45) is 11.8 Å². The summed E-state index contributed by atoms with van der Waals surface area (Å²) in [4.78, 5) is 43.6. The van der Waals surface area contributed by atoms with Gasteiger partial charge in [0, 0.05) is 58.5 Å². The second-order valence-electron chi connectivity index (χ2n) is 11.4. The molecule has 0 radical (unpaired) electrons. The molecule has 0 N–H and O–H groups in total. The highest BCUT2D eigenvalue weighted by atomic mass is 19.4. The average Bonchev–Trinajstić information content (AvgIpc) is 3.19. The van der Waals surface area contributed by atoms with Crippen LogP contribution in [0.25, 0.3) is 0 Å². The maximum absolute atomic E-state index is 13.8. The van der Waals surface area contributed by atoms with E-state index >= 15 is 0 Å². The standard InChI is InChI=1S/C31H35F6N3O3/c1-20(41)39-12-8-23(9-13-39)28(42)40-14-10-26(22-6-4-3-5-7-22)27(11-15-40)29(43)38(2)19-21-16-24(30(32,33)34)18-25(17-21)31(35,36)37/h3-7,16-18,23,26-27H,8-15,19H2,1-2H3/t26-,27+/m1/s1. The number of amides is 3. The van der Waals surface area contributed by atoms with Gasteiger partial charge in [-0.3, -0.25) is 14.4 Å². The lowest BCUT2D eigenvalue weighted by atomic mass is 9.81. The van der Waals surface area contributed by atoms with Crippen LogP contribution in [0.1, 0.15) is 60.8 Å². The van der Waals surface area contributed by atoms with E-state index in [-0.39, 0.29) is 41.7 Å². The Morgan fingerprint density at radius 1 is 0.791 bits per heavy atom. The molecule has 0 spiro atoms. The van der Waals surface area contributed by atoms with Crippen molar-refractivity contribution in [1.29, 1.82) is 0 Å². The van der Waals surface area contributed by atoms with Gasteiger partial charge in [0.15, 0.2) is 0 Å². The second-order valence-corrected chi connectivity index (χ2v) is 11.4. The molecule has 0 bridgehead atoms. The summed E-state index contributed by atoms with van der Waals surface area (Å²) in [6.45, 7) is 2.76. The van der Waals surface area contributed by atoms with Crippen LogP contribution in [0.4, 0.5) is 26.3 Å². The molecule has 234 valence electrons. The van der Waals surface area contributed by atoms with Crippen LogP contribution in [0.2, 0.25) is 0 Å². The number of carbonyl (C=O) groups excluding carboxylic acids is 3. The van der Waals surface area contributed by atoms with Gasteiger partial charge in [0.25, 0.3) is 0 Å². The highest BCUT2D eigenvalue weighted by Crippen LogP contribution is 2.38. The Kier molecular flexibility index (Phi) is 9.76. The SMILES string of the molecule is CC(=O)N1CCC(C(=O)N2CC[C@H](C(=O)N(C)Cc3cc(C(F)(F)F)cc(C(F)(F)F)c3)[C@@H](c3ccccc3)CC2)CC1. The van der Waals surface area contributed by atoms with Crippen molar-refractivity contribution >= 4 is 17.7 Å². The Bertz CT molecular complexity index is 1270. The van der Waals surface area contributed by atoms with Crippen molar-refractivity contribution in [2.45, 2.75) is 57.4 Å². The predicted molar refractivity (Wildman–Crippen MR) is 146 cm³/mol.